The summed E-state index contributed by atoms with van der Waals surface area (Å²) in [6.45, 7) is 2.56. The van der Waals surface area contributed by atoms with E-state index in [1.807, 2.05) is 23.7 Å². The van der Waals surface area contributed by atoms with Crippen LogP contribution in [0.4, 0.5) is 5.82 Å². The molecule has 0 saturated heterocycles. The van der Waals surface area contributed by atoms with Crippen molar-refractivity contribution in [1.29, 1.82) is 0 Å². The van der Waals surface area contributed by atoms with E-state index in [0.717, 1.165) is 23.4 Å². The van der Waals surface area contributed by atoms with Gasteiger partial charge in [-0.2, -0.15) is 5.10 Å². The van der Waals surface area contributed by atoms with Crippen molar-refractivity contribution in [3.05, 3.63) is 24.2 Å². The lowest BCUT2D eigenvalue weighted by atomic mass is 10.2. The lowest BCUT2D eigenvalue weighted by molar-refractivity contribution is 0.184. The van der Waals surface area contributed by atoms with Crippen LogP contribution in [-0.4, -0.2) is 40.2 Å². The van der Waals surface area contributed by atoms with Crippen LogP contribution in [0.3, 0.4) is 0 Å². The van der Waals surface area contributed by atoms with Gasteiger partial charge in [0.25, 0.3) is 0 Å². The molecule has 0 aliphatic rings. The molecular weight excluding hydrogens is 252 g/mol. The van der Waals surface area contributed by atoms with Crippen molar-refractivity contribution in [1.82, 2.24) is 14.6 Å². The molecule has 1 unspecified atom stereocenters. The second-order valence-corrected chi connectivity index (χ2v) is 4.54. The summed E-state index contributed by atoms with van der Waals surface area (Å²) in [5.74, 6) is 1.40. The van der Waals surface area contributed by atoms with Crippen LogP contribution in [0.5, 0.6) is 0 Å². The Morgan fingerprint density at radius 2 is 2.39 bits per heavy atom. The summed E-state index contributed by atoms with van der Waals surface area (Å²) in [6.07, 6.45) is 4.39. The Bertz CT molecular complexity index is 508. The van der Waals surface area contributed by atoms with Crippen LogP contribution in [0.25, 0.3) is 5.52 Å². The number of rotatable bonds is 6. The van der Waals surface area contributed by atoms with Crippen LogP contribution >= 0.6 is 11.6 Å². The van der Waals surface area contributed by atoms with Crippen molar-refractivity contribution in [3.63, 3.8) is 0 Å². The molecule has 0 spiro atoms. The van der Waals surface area contributed by atoms with Gasteiger partial charge in [-0.25, -0.2) is 9.50 Å². The van der Waals surface area contributed by atoms with E-state index in [1.54, 1.807) is 13.3 Å². The van der Waals surface area contributed by atoms with E-state index in [2.05, 4.69) is 15.4 Å². The zero-order chi connectivity index (χ0) is 13.0. The molecule has 0 saturated carbocycles. The van der Waals surface area contributed by atoms with Crippen LogP contribution in [0.15, 0.2) is 18.5 Å². The zero-order valence-electron chi connectivity index (χ0n) is 10.6. The molecule has 6 heteroatoms. The van der Waals surface area contributed by atoms with Gasteiger partial charge in [-0.15, -0.1) is 11.6 Å². The molecule has 18 heavy (non-hydrogen) atoms. The Balaban J connectivity index is 2.23. The average Bonchev–Trinajstić information content (AvgIpc) is 2.71. The summed E-state index contributed by atoms with van der Waals surface area (Å²) in [4.78, 5) is 4.35. The predicted octanol–water partition coefficient (Wildman–Crippen LogP) is 2.09. The van der Waals surface area contributed by atoms with E-state index in [4.69, 9.17) is 16.3 Å². The van der Waals surface area contributed by atoms with Crippen LogP contribution < -0.4 is 5.32 Å². The SMILES string of the molecule is COCC(CCCl)Nc1nccn2nc(C)cc12. The van der Waals surface area contributed by atoms with Gasteiger partial charge in [-0.05, 0) is 19.4 Å². The largest absolute Gasteiger partial charge is 0.383 e. The summed E-state index contributed by atoms with van der Waals surface area (Å²) in [5.41, 5.74) is 1.93. The smallest absolute Gasteiger partial charge is 0.152 e. The molecule has 0 aliphatic heterocycles. The van der Waals surface area contributed by atoms with Crippen LogP contribution in [-0.2, 0) is 4.74 Å². The molecule has 0 amide bonds. The zero-order valence-corrected chi connectivity index (χ0v) is 11.3. The normalized spacial score (nSPS) is 12.8. The molecule has 2 heterocycles. The molecule has 0 fully saturated rings. The Hall–Kier alpha value is -1.33. The van der Waals surface area contributed by atoms with E-state index in [9.17, 15) is 0 Å². The van der Waals surface area contributed by atoms with Gasteiger partial charge in [-0.1, -0.05) is 0 Å². The quantitative estimate of drug-likeness (QED) is 0.815. The second-order valence-electron chi connectivity index (χ2n) is 4.17. The molecule has 1 atom stereocenters. The number of anilines is 1. The van der Waals surface area contributed by atoms with Crippen molar-refractivity contribution in [3.8, 4) is 0 Å². The number of hydrogen-bond acceptors (Lipinski definition) is 4. The number of halogens is 1. The summed E-state index contributed by atoms with van der Waals surface area (Å²) >= 11 is 5.79. The minimum Gasteiger partial charge on any atom is -0.383 e. The molecule has 2 rings (SSSR count). The molecule has 0 aliphatic carbocycles. The van der Waals surface area contributed by atoms with E-state index < -0.39 is 0 Å². The summed E-state index contributed by atoms with van der Waals surface area (Å²) in [7, 11) is 1.68. The standard InChI is InChI=1S/C12H17ClN4O/c1-9-7-11-12(14-5-6-17(11)16-9)15-10(3-4-13)8-18-2/h5-7,10H,3-4,8H2,1-2H3,(H,14,15). The number of methoxy groups -OCH3 is 1. The fraction of sp³-hybridized carbons (Fsp3) is 0.500. The van der Waals surface area contributed by atoms with Crippen molar-refractivity contribution >= 4 is 22.9 Å². The van der Waals surface area contributed by atoms with Crippen molar-refractivity contribution in [2.45, 2.75) is 19.4 Å². The third-order valence-electron chi connectivity index (χ3n) is 2.68. The third kappa shape index (κ3) is 2.91. The monoisotopic (exact) mass is 268 g/mol. The fourth-order valence-electron chi connectivity index (χ4n) is 1.88. The van der Waals surface area contributed by atoms with E-state index in [0.29, 0.717) is 12.5 Å². The lowest BCUT2D eigenvalue weighted by Gasteiger charge is -2.17. The predicted molar refractivity (Wildman–Crippen MR) is 72.3 cm³/mol. The van der Waals surface area contributed by atoms with Crippen molar-refractivity contribution < 1.29 is 4.74 Å². The molecule has 2 aromatic rings. The first-order chi connectivity index (χ1) is 8.74. The fourth-order valence-corrected chi connectivity index (χ4v) is 2.14. The topological polar surface area (TPSA) is 51.5 Å². The van der Waals surface area contributed by atoms with Gasteiger partial charge in [0.2, 0.25) is 0 Å². The number of aromatic nitrogens is 3. The highest BCUT2D eigenvalue weighted by Crippen LogP contribution is 2.16. The summed E-state index contributed by atoms with van der Waals surface area (Å²) in [6, 6.07) is 2.15. The molecule has 98 valence electrons. The van der Waals surface area contributed by atoms with Gasteiger partial charge >= 0.3 is 0 Å². The number of hydrogen-bond donors (Lipinski definition) is 1. The molecule has 0 aromatic carbocycles. The average molecular weight is 269 g/mol. The van der Waals surface area contributed by atoms with Crippen LogP contribution in [0.1, 0.15) is 12.1 Å². The Morgan fingerprint density at radius 3 is 3.11 bits per heavy atom. The van der Waals surface area contributed by atoms with Gasteiger partial charge < -0.3 is 10.1 Å². The number of ether oxygens (including phenoxy) is 1. The molecule has 5 nitrogen and oxygen atoms in total. The van der Waals surface area contributed by atoms with Gasteiger partial charge in [0.05, 0.1) is 18.3 Å². The summed E-state index contributed by atoms with van der Waals surface area (Å²) in [5, 5.41) is 7.71. The van der Waals surface area contributed by atoms with Crippen molar-refractivity contribution in [2.75, 3.05) is 24.9 Å². The Morgan fingerprint density at radius 1 is 1.56 bits per heavy atom. The van der Waals surface area contributed by atoms with Gasteiger partial charge in [-0.3, -0.25) is 0 Å². The number of fused-ring (bicyclic) bond motifs is 1. The lowest BCUT2D eigenvalue weighted by Crippen LogP contribution is -2.26. The highest BCUT2D eigenvalue weighted by molar-refractivity contribution is 6.17. The maximum Gasteiger partial charge on any atom is 0.152 e. The first kappa shape index (κ1) is 13.1. The number of aryl methyl sites for hydroxylation is 1. The van der Waals surface area contributed by atoms with Crippen LogP contribution in [0.2, 0.25) is 0 Å². The molecule has 0 bridgehead atoms. The minimum absolute atomic E-state index is 0.154. The molecule has 1 N–H and O–H groups in total. The molecule has 2 aromatic heterocycles. The Kier molecular flexibility index (Phi) is 4.38. The first-order valence-electron chi connectivity index (χ1n) is 5.87. The molecule has 0 radical (unpaired) electrons. The number of alkyl halides is 1. The number of nitrogens with one attached hydrogen (secondary N) is 1. The van der Waals surface area contributed by atoms with Gasteiger partial charge in [0.15, 0.2) is 5.82 Å². The summed E-state index contributed by atoms with van der Waals surface area (Å²) < 4.78 is 6.99. The van der Waals surface area contributed by atoms with Crippen molar-refractivity contribution in [2.24, 2.45) is 0 Å². The minimum atomic E-state index is 0.154. The maximum absolute atomic E-state index is 5.79. The van der Waals surface area contributed by atoms with Crippen LogP contribution in [0, 0.1) is 6.92 Å². The van der Waals surface area contributed by atoms with E-state index in [-0.39, 0.29) is 6.04 Å². The third-order valence-corrected chi connectivity index (χ3v) is 2.90. The molecular formula is C12H17ClN4O. The highest BCUT2D eigenvalue weighted by Gasteiger charge is 2.11. The maximum atomic E-state index is 5.79. The Labute approximate surface area is 111 Å². The van der Waals surface area contributed by atoms with Gasteiger partial charge in [0.1, 0.15) is 5.52 Å². The van der Waals surface area contributed by atoms with E-state index >= 15 is 0 Å². The first-order valence-corrected chi connectivity index (χ1v) is 6.40. The highest BCUT2D eigenvalue weighted by atomic mass is 35.5. The number of nitrogens with zero attached hydrogens (tertiary/aromatic N) is 3. The van der Waals surface area contributed by atoms with Gasteiger partial charge in [0, 0.05) is 25.4 Å². The second kappa shape index (κ2) is 6.02. The van der Waals surface area contributed by atoms with E-state index in [1.165, 1.54) is 0 Å².